The van der Waals surface area contributed by atoms with Crippen LogP contribution in [0.25, 0.3) is 0 Å². The van der Waals surface area contributed by atoms with E-state index in [-0.39, 0.29) is 5.92 Å². The van der Waals surface area contributed by atoms with Crippen LogP contribution in [-0.2, 0) is 0 Å². The van der Waals surface area contributed by atoms with Gasteiger partial charge in [0.25, 0.3) is 0 Å². The lowest BCUT2D eigenvalue weighted by molar-refractivity contribution is 0.0266. The van der Waals surface area contributed by atoms with E-state index in [0.717, 1.165) is 5.13 Å². The van der Waals surface area contributed by atoms with Gasteiger partial charge in [-0.05, 0) is 12.8 Å². The highest BCUT2D eigenvalue weighted by Gasteiger charge is 2.24. The molecule has 1 rings (SSSR count). The van der Waals surface area contributed by atoms with Crippen molar-refractivity contribution in [1.29, 1.82) is 0 Å². The number of rotatable bonds is 4. The van der Waals surface area contributed by atoms with Gasteiger partial charge in [-0.1, -0.05) is 13.8 Å². The highest BCUT2D eigenvalue weighted by atomic mass is 32.1. The average molecular weight is 200 g/mol. The molecule has 0 aliphatic carbocycles. The fourth-order valence-corrected chi connectivity index (χ4v) is 1.30. The third-order valence-corrected chi connectivity index (χ3v) is 3.00. The molecule has 0 radical (unpaired) electrons. The molecule has 4 heteroatoms. The van der Waals surface area contributed by atoms with Crippen LogP contribution in [0.15, 0.2) is 11.6 Å². The van der Waals surface area contributed by atoms with Gasteiger partial charge in [0, 0.05) is 18.1 Å². The zero-order valence-electron chi connectivity index (χ0n) is 8.24. The second-order valence-corrected chi connectivity index (χ2v) is 4.60. The van der Waals surface area contributed by atoms with Crippen molar-refractivity contribution in [3.05, 3.63) is 11.6 Å². The topological polar surface area (TPSA) is 45.1 Å². The van der Waals surface area contributed by atoms with E-state index >= 15 is 0 Å². The molecule has 0 saturated carbocycles. The Morgan fingerprint density at radius 3 is 2.85 bits per heavy atom. The van der Waals surface area contributed by atoms with Crippen molar-refractivity contribution in [1.82, 2.24) is 4.98 Å². The largest absolute Gasteiger partial charge is 0.388 e. The van der Waals surface area contributed by atoms with E-state index in [1.54, 1.807) is 17.5 Å². The lowest BCUT2D eigenvalue weighted by Gasteiger charge is -2.27. The summed E-state index contributed by atoms with van der Waals surface area (Å²) in [5.74, 6) is 0.236. The van der Waals surface area contributed by atoms with Gasteiger partial charge in [-0.25, -0.2) is 4.98 Å². The molecule has 0 spiro atoms. The molecule has 0 saturated heterocycles. The van der Waals surface area contributed by atoms with Crippen molar-refractivity contribution in [3.63, 3.8) is 0 Å². The molecule has 1 unspecified atom stereocenters. The van der Waals surface area contributed by atoms with E-state index in [1.165, 1.54) is 0 Å². The van der Waals surface area contributed by atoms with Crippen LogP contribution in [0.2, 0.25) is 0 Å². The van der Waals surface area contributed by atoms with Gasteiger partial charge in [0.05, 0.1) is 5.60 Å². The maximum absolute atomic E-state index is 9.90. The number of aliphatic hydroxyl groups is 1. The van der Waals surface area contributed by atoms with Crippen LogP contribution >= 0.6 is 11.3 Å². The van der Waals surface area contributed by atoms with E-state index in [1.807, 2.05) is 26.2 Å². The Morgan fingerprint density at radius 1 is 1.69 bits per heavy atom. The Kier molecular flexibility index (Phi) is 3.27. The molecule has 0 amide bonds. The maximum atomic E-state index is 9.90. The van der Waals surface area contributed by atoms with Crippen molar-refractivity contribution >= 4 is 16.5 Å². The summed E-state index contributed by atoms with van der Waals surface area (Å²) in [6.07, 6.45) is 1.75. The smallest absolute Gasteiger partial charge is 0.182 e. The Balaban J connectivity index is 2.42. The van der Waals surface area contributed by atoms with Crippen LogP contribution in [-0.4, -0.2) is 22.2 Å². The number of hydrogen-bond acceptors (Lipinski definition) is 4. The summed E-state index contributed by atoms with van der Waals surface area (Å²) in [6.45, 7) is 6.38. The van der Waals surface area contributed by atoms with Crippen molar-refractivity contribution in [2.75, 3.05) is 11.9 Å². The van der Waals surface area contributed by atoms with Gasteiger partial charge in [-0.2, -0.15) is 0 Å². The summed E-state index contributed by atoms with van der Waals surface area (Å²) >= 11 is 1.54. The van der Waals surface area contributed by atoms with Crippen LogP contribution < -0.4 is 5.32 Å². The van der Waals surface area contributed by atoms with Crippen LogP contribution in [0.3, 0.4) is 0 Å². The summed E-state index contributed by atoms with van der Waals surface area (Å²) in [4.78, 5) is 4.07. The van der Waals surface area contributed by atoms with E-state index in [9.17, 15) is 5.11 Å². The zero-order valence-corrected chi connectivity index (χ0v) is 9.06. The number of nitrogens with one attached hydrogen (secondary N) is 1. The highest BCUT2D eigenvalue weighted by molar-refractivity contribution is 7.13. The van der Waals surface area contributed by atoms with E-state index in [4.69, 9.17) is 0 Å². The zero-order chi connectivity index (χ0) is 9.90. The predicted molar refractivity (Wildman–Crippen MR) is 56.1 cm³/mol. The summed E-state index contributed by atoms with van der Waals surface area (Å²) in [6, 6.07) is 0. The molecule has 0 fully saturated rings. The summed E-state index contributed by atoms with van der Waals surface area (Å²) in [7, 11) is 0. The first-order valence-electron chi connectivity index (χ1n) is 4.38. The lowest BCUT2D eigenvalue weighted by atomic mass is 9.93. The quantitative estimate of drug-likeness (QED) is 0.781. The van der Waals surface area contributed by atoms with Crippen LogP contribution in [0.4, 0.5) is 5.13 Å². The third kappa shape index (κ3) is 2.97. The molecule has 1 heterocycles. The molecule has 0 aliphatic rings. The second kappa shape index (κ2) is 4.07. The molecule has 0 aliphatic heterocycles. The molecular weight excluding hydrogens is 184 g/mol. The fourth-order valence-electron chi connectivity index (χ4n) is 0.769. The Morgan fingerprint density at radius 2 is 2.38 bits per heavy atom. The molecule has 13 heavy (non-hydrogen) atoms. The van der Waals surface area contributed by atoms with Crippen LogP contribution in [0.1, 0.15) is 20.8 Å². The van der Waals surface area contributed by atoms with Gasteiger partial charge in [-0.15, -0.1) is 11.3 Å². The number of aromatic nitrogens is 1. The minimum Gasteiger partial charge on any atom is -0.388 e. The standard InChI is InChI=1S/C9H16N2OS/c1-7(2)9(3,12)6-11-8-10-4-5-13-8/h4-5,7,12H,6H2,1-3H3,(H,10,11). The Hall–Kier alpha value is -0.610. The second-order valence-electron chi connectivity index (χ2n) is 3.70. The lowest BCUT2D eigenvalue weighted by Crippen LogP contribution is -2.38. The first kappa shape index (κ1) is 10.5. The summed E-state index contributed by atoms with van der Waals surface area (Å²) < 4.78 is 0. The van der Waals surface area contributed by atoms with Crippen molar-refractivity contribution in [2.45, 2.75) is 26.4 Å². The van der Waals surface area contributed by atoms with Gasteiger partial charge in [0.15, 0.2) is 5.13 Å². The molecule has 1 aromatic heterocycles. The van der Waals surface area contributed by atoms with Gasteiger partial charge < -0.3 is 10.4 Å². The number of nitrogens with zero attached hydrogens (tertiary/aromatic N) is 1. The number of anilines is 1. The van der Waals surface area contributed by atoms with Gasteiger partial charge >= 0.3 is 0 Å². The van der Waals surface area contributed by atoms with Gasteiger partial charge in [0.1, 0.15) is 0 Å². The molecule has 0 bridgehead atoms. The predicted octanol–water partition coefficient (Wildman–Crippen LogP) is 1.96. The molecule has 1 aromatic rings. The van der Waals surface area contributed by atoms with E-state index < -0.39 is 5.60 Å². The molecule has 0 aromatic carbocycles. The average Bonchev–Trinajstić information content (AvgIpc) is 2.52. The third-order valence-electron chi connectivity index (χ3n) is 2.27. The fraction of sp³-hybridized carbons (Fsp3) is 0.667. The monoisotopic (exact) mass is 200 g/mol. The molecule has 2 N–H and O–H groups in total. The number of thiazole rings is 1. The minimum atomic E-state index is -0.675. The normalized spacial score (nSPS) is 15.8. The van der Waals surface area contributed by atoms with Crippen molar-refractivity contribution in [2.24, 2.45) is 5.92 Å². The van der Waals surface area contributed by atoms with Crippen molar-refractivity contribution < 1.29 is 5.11 Å². The van der Waals surface area contributed by atoms with Crippen molar-refractivity contribution in [3.8, 4) is 0 Å². The Bertz CT molecular complexity index is 244. The SMILES string of the molecule is CC(C)C(C)(O)CNc1nccs1. The molecule has 1 atom stereocenters. The van der Waals surface area contributed by atoms with Crippen LogP contribution in [0.5, 0.6) is 0 Å². The first-order valence-corrected chi connectivity index (χ1v) is 5.26. The number of hydrogen-bond donors (Lipinski definition) is 2. The van der Waals surface area contributed by atoms with Gasteiger partial charge in [0.2, 0.25) is 0 Å². The first-order chi connectivity index (χ1) is 6.02. The maximum Gasteiger partial charge on any atom is 0.182 e. The summed E-state index contributed by atoms with van der Waals surface area (Å²) in [5, 5.41) is 15.8. The summed E-state index contributed by atoms with van der Waals surface area (Å²) in [5.41, 5.74) is -0.675. The van der Waals surface area contributed by atoms with Crippen LogP contribution in [0, 0.1) is 5.92 Å². The van der Waals surface area contributed by atoms with Gasteiger partial charge in [-0.3, -0.25) is 0 Å². The van der Waals surface area contributed by atoms with E-state index in [2.05, 4.69) is 10.3 Å². The minimum absolute atomic E-state index is 0.236. The molecular formula is C9H16N2OS. The highest BCUT2D eigenvalue weighted by Crippen LogP contribution is 2.18. The molecule has 3 nitrogen and oxygen atoms in total. The van der Waals surface area contributed by atoms with E-state index in [0.29, 0.717) is 6.54 Å². The Labute approximate surface area is 82.8 Å². The molecule has 74 valence electrons.